The number of hydrogen-bond acceptors (Lipinski definition) is 4. The summed E-state index contributed by atoms with van der Waals surface area (Å²) in [5, 5.41) is 0. The van der Waals surface area contributed by atoms with Gasteiger partial charge in [0.25, 0.3) is 5.91 Å². The Hall–Kier alpha value is -1.49. The van der Waals surface area contributed by atoms with E-state index >= 15 is 0 Å². The van der Waals surface area contributed by atoms with E-state index in [1.54, 1.807) is 0 Å². The first-order valence-electron chi connectivity index (χ1n) is 4.02. The molecule has 0 saturated carbocycles. The Balaban J connectivity index is 2.50. The highest BCUT2D eigenvalue weighted by molar-refractivity contribution is 5.91. The summed E-state index contributed by atoms with van der Waals surface area (Å²) in [5.74, 6) is -0.276. The molecule has 0 unspecified atom stereocenters. The van der Waals surface area contributed by atoms with Crippen molar-refractivity contribution >= 4 is 5.91 Å². The van der Waals surface area contributed by atoms with Crippen LogP contribution in [0.1, 0.15) is 24.3 Å². The molecule has 0 aliphatic carbocycles. The molecule has 1 rings (SSSR count). The fraction of sp³-hybridized carbons (Fsp3) is 0.375. The first kappa shape index (κ1) is 9.60. The molecule has 1 heterocycles. The van der Waals surface area contributed by atoms with E-state index in [-0.39, 0.29) is 11.9 Å². The average Bonchev–Trinajstić information content (AvgIpc) is 2.15. The van der Waals surface area contributed by atoms with Gasteiger partial charge in [0, 0.05) is 18.4 Å². The molecule has 0 aliphatic heterocycles. The maximum atomic E-state index is 11.3. The highest BCUT2D eigenvalue weighted by Crippen LogP contribution is 1.88. The van der Waals surface area contributed by atoms with Gasteiger partial charge in [0.1, 0.15) is 5.69 Å². The van der Waals surface area contributed by atoms with E-state index in [0.29, 0.717) is 5.69 Å². The minimum atomic E-state index is -0.276. The van der Waals surface area contributed by atoms with Gasteiger partial charge in [-0.05, 0) is 13.8 Å². The third-order valence-corrected chi connectivity index (χ3v) is 1.27. The molecule has 5 heteroatoms. The molecule has 1 aromatic heterocycles. The Morgan fingerprint density at radius 3 is 2.77 bits per heavy atom. The average molecular weight is 180 g/mol. The monoisotopic (exact) mass is 180 g/mol. The van der Waals surface area contributed by atoms with Crippen molar-refractivity contribution < 1.29 is 4.79 Å². The third kappa shape index (κ3) is 3.16. The van der Waals surface area contributed by atoms with Crippen LogP contribution in [0.2, 0.25) is 0 Å². The second-order valence-corrected chi connectivity index (χ2v) is 2.84. The van der Waals surface area contributed by atoms with Gasteiger partial charge < -0.3 is 0 Å². The lowest BCUT2D eigenvalue weighted by molar-refractivity contribution is 0.0922. The second-order valence-electron chi connectivity index (χ2n) is 2.84. The van der Waals surface area contributed by atoms with Crippen LogP contribution < -0.4 is 10.9 Å². The highest BCUT2D eigenvalue weighted by Gasteiger charge is 2.05. The van der Waals surface area contributed by atoms with Gasteiger partial charge in [-0.3, -0.25) is 15.2 Å². The fourth-order valence-electron chi connectivity index (χ4n) is 0.690. The maximum Gasteiger partial charge on any atom is 0.285 e. The topological polar surface area (TPSA) is 66.9 Å². The van der Waals surface area contributed by atoms with Gasteiger partial charge in [-0.1, -0.05) is 0 Å². The van der Waals surface area contributed by atoms with Crippen molar-refractivity contribution in [1.82, 2.24) is 20.8 Å². The highest BCUT2D eigenvalue weighted by atomic mass is 16.2. The Bertz CT molecular complexity index is 273. The Morgan fingerprint density at radius 2 is 2.23 bits per heavy atom. The first-order valence-corrected chi connectivity index (χ1v) is 4.02. The zero-order valence-electron chi connectivity index (χ0n) is 7.61. The lowest BCUT2D eigenvalue weighted by atomic mass is 10.4. The number of nitrogens with zero attached hydrogens (tertiary/aromatic N) is 2. The van der Waals surface area contributed by atoms with Crippen LogP contribution in [-0.4, -0.2) is 21.9 Å². The number of aromatic nitrogens is 2. The maximum absolute atomic E-state index is 11.3. The van der Waals surface area contributed by atoms with Crippen LogP contribution in [0.5, 0.6) is 0 Å². The summed E-state index contributed by atoms with van der Waals surface area (Å²) in [4.78, 5) is 18.9. The summed E-state index contributed by atoms with van der Waals surface area (Å²) in [5.41, 5.74) is 5.58. The van der Waals surface area contributed by atoms with E-state index in [1.165, 1.54) is 18.6 Å². The van der Waals surface area contributed by atoms with Crippen LogP contribution in [0.4, 0.5) is 0 Å². The number of amides is 1. The fourth-order valence-corrected chi connectivity index (χ4v) is 0.690. The van der Waals surface area contributed by atoms with Gasteiger partial charge in [-0.25, -0.2) is 10.4 Å². The summed E-state index contributed by atoms with van der Waals surface area (Å²) in [7, 11) is 0. The number of carbonyl (C=O) groups excluding carboxylic acids is 1. The van der Waals surface area contributed by atoms with E-state index in [4.69, 9.17) is 0 Å². The number of carbonyl (C=O) groups is 1. The molecule has 0 atom stereocenters. The third-order valence-electron chi connectivity index (χ3n) is 1.27. The van der Waals surface area contributed by atoms with Crippen molar-refractivity contribution in [3.05, 3.63) is 24.3 Å². The van der Waals surface area contributed by atoms with E-state index in [0.717, 1.165) is 0 Å². The van der Waals surface area contributed by atoms with Crippen molar-refractivity contribution in [2.75, 3.05) is 0 Å². The summed E-state index contributed by atoms with van der Waals surface area (Å²) in [6.45, 7) is 3.86. The molecule has 5 nitrogen and oxygen atoms in total. The lowest BCUT2D eigenvalue weighted by Gasteiger charge is -2.08. The SMILES string of the molecule is CC(C)NNC(=O)c1cnccn1. The predicted octanol–water partition coefficient (Wildman–Crippen LogP) is 0.119. The van der Waals surface area contributed by atoms with Gasteiger partial charge in [0.15, 0.2) is 0 Å². The van der Waals surface area contributed by atoms with Gasteiger partial charge in [0.05, 0.1) is 6.20 Å². The Labute approximate surface area is 76.6 Å². The molecule has 0 saturated heterocycles. The van der Waals surface area contributed by atoms with Crippen LogP contribution in [-0.2, 0) is 0 Å². The predicted molar refractivity (Wildman–Crippen MR) is 47.8 cm³/mol. The Kier molecular flexibility index (Phi) is 3.33. The van der Waals surface area contributed by atoms with E-state index < -0.39 is 0 Å². The van der Waals surface area contributed by atoms with Crippen LogP contribution in [0.15, 0.2) is 18.6 Å². The summed E-state index contributed by atoms with van der Waals surface area (Å²) < 4.78 is 0. The smallest absolute Gasteiger partial charge is 0.285 e. The Morgan fingerprint density at radius 1 is 1.46 bits per heavy atom. The minimum absolute atomic E-state index is 0.195. The summed E-state index contributed by atoms with van der Waals surface area (Å²) in [6, 6.07) is 0.195. The normalized spacial score (nSPS) is 10.1. The van der Waals surface area contributed by atoms with Crippen molar-refractivity contribution in [3.8, 4) is 0 Å². The molecule has 1 amide bonds. The number of hydrogen-bond donors (Lipinski definition) is 2. The van der Waals surface area contributed by atoms with Crippen molar-refractivity contribution in [2.45, 2.75) is 19.9 Å². The van der Waals surface area contributed by atoms with Gasteiger partial charge in [-0.15, -0.1) is 0 Å². The molecule has 70 valence electrons. The van der Waals surface area contributed by atoms with Crippen LogP contribution in [0.3, 0.4) is 0 Å². The summed E-state index contributed by atoms with van der Waals surface area (Å²) >= 11 is 0. The molecule has 0 bridgehead atoms. The molecule has 0 aliphatic rings. The van der Waals surface area contributed by atoms with Crippen molar-refractivity contribution in [1.29, 1.82) is 0 Å². The number of rotatable bonds is 3. The van der Waals surface area contributed by atoms with Crippen LogP contribution in [0, 0.1) is 0 Å². The zero-order valence-corrected chi connectivity index (χ0v) is 7.61. The van der Waals surface area contributed by atoms with Crippen molar-refractivity contribution in [3.63, 3.8) is 0 Å². The van der Waals surface area contributed by atoms with Crippen molar-refractivity contribution in [2.24, 2.45) is 0 Å². The quantitative estimate of drug-likeness (QED) is 0.648. The lowest BCUT2D eigenvalue weighted by Crippen LogP contribution is -2.41. The van der Waals surface area contributed by atoms with Gasteiger partial charge >= 0.3 is 0 Å². The molecule has 13 heavy (non-hydrogen) atoms. The number of nitrogens with one attached hydrogen (secondary N) is 2. The van der Waals surface area contributed by atoms with E-state index in [2.05, 4.69) is 20.8 Å². The zero-order chi connectivity index (χ0) is 9.68. The van der Waals surface area contributed by atoms with Crippen LogP contribution >= 0.6 is 0 Å². The largest absolute Gasteiger partial charge is 0.286 e. The van der Waals surface area contributed by atoms with E-state index in [9.17, 15) is 4.79 Å². The molecule has 2 N–H and O–H groups in total. The first-order chi connectivity index (χ1) is 6.20. The molecule has 0 radical (unpaired) electrons. The van der Waals surface area contributed by atoms with Gasteiger partial charge in [0.2, 0.25) is 0 Å². The standard InChI is InChI=1S/C8H12N4O/c1-6(2)11-12-8(13)7-5-9-3-4-10-7/h3-6,11H,1-2H3,(H,12,13). The van der Waals surface area contributed by atoms with Crippen LogP contribution in [0.25, 0.3) is 0 Å². The van der Waals surface area contributed by atoms with Gasteiger partial charge in [-0.2, -0.15) is 0 Å². The summed E-state index contributed by atoms with van der Waals surface area (Å²) in [6.07, 6.45) is 4.41. The minimum Gasteiger partial charge on any atom is -0.286 e. The van der Waals surface area contributed by atoms with E-state index in [1.807, 2.05) is 13.8 Å². The molecule has 0 spiro atoms. The molecule has 1 aromatic rings. The molecular weight excluding hydrogens is 168 g/mol. The second kappa shape index (κ2) is 4.51. The number of hydrazine groups is 1. The molecule has 0 aromatic carbocycles. The molecular formula is C8H12N4O. The molecule has 0 fully saturated rings.